The number of furan rings is 1. The molecule has 152 valence electrons. The molecule has 0 aliphatic heterocycles. The number of carbonyl (C=O) groups is 3. The minimum absolute atomic E-state index is 0.00490. The Morgan fingerprint density at radius 3 is 2.50 bits per heavy atom. The molecule has 0 fully saturated rings. The van der Waals surface area contributed by atoms with Crippen LogP contribution in [0.25, 0.3) is 5.88 Å². The molecule has 2 aromatic heterocycles. The molecule has 30 heavy (non-hydrogen) atoms. The molecule has 9 nitrogen and oxygen atoms in total. The number of esters is 1. The third-order valence-corrected chi connectivity index (χ3v) is 4.10. The predicted octanol–water partition coefficient (Wildman–Crippen LogP) is 2.43. The summed E-state index contributed by atoms with van der Waals surface area (Å²) >= 11 is 0. The first-order chi connectivity index (χ1) is 14.5. The molecule has 0 saturated carbocycles. The highest BCUT2D eigenvalue weighted by atomic mass is 16.5. The molecule has 0 atom stereocenters. The van der Waals surface area contributed by atoms with Crippen molar-refractivity contribution in [3.8, 4) is 12.0 Å². The number of ether oxygens (including phenoxy) is 1. The molecule has 3 amide bonds. The molecule has 0 aliphatic rings. The molecule has 2 heterocycles. The molecular formula is C21H18N4O5. The van der Waals surface area contributed by atoms with Gasteiger partial charge in [-0.2, -0.15) is 5.26 Å². The van der Waals surface area contributed by atoms with Gasteiger partial charge in [0.1, 0.15) is 23.0 Å². The van der Waals surface area contributed by atoms with Crippen LogP contribution in [0.5, 0.6) is 0 Å². The Hall–Kier alpha value is -4.32. The lowest BCUT2D eigenvalue weighted by Gasteiger charge is -2.07. The first-order valence-electron chi connectivity index (χ1n) is 8.95. The van der Waals surface area contributed by atoms with Crippen LogP contribution in [0.15, 0.2) is 59.3 Å². The first kappa shape index (κ1) is 20.4. The number of nitriles is 1. The normalized spacial score (nSPS) is 10.1. The van der Waals surface area contributed by atoms with Crippen LogP contribution in [0, 0.1) is 18.3 Å². The molecule has 3 rings (SSSR count). The molecule has 2 N–H and O–H groups in total. The Labute approximate surface area is 171 Å². The first-order valence-corrected chi connectivity index (χ1v) is 8.95. The molecular weight excluding hydrogens is 388 g/mol. The fourth-order valence-corrected chi connectivity index (χ4v) is 2.72. The topological polar surface area (TPSA) is 126 Å². The van der Waals surface area contributed by atoms with E-state index >= 15 is 0 Å². The number of aromatic nitrogens is 1. The van der Waals surface area contributed by atoms with E-state index in [-0.39, 0.29) is 29.3 Å². The van der Waals surface area contributed by atoms with Gasteiger partial charge in [0.15, 0.2) is 6.61 Å². The van der Waals surface area contributed by atoms with Gasteiger partial charge < -0.3 is 14.5 Å². The van der Waals surface area contributed by atoms with E-state index in [0.29, 0.717) is 0 Å². The zero-order valence-corrected chi connectivity index (χ0v) is 16.0. The van der Waals surface area contributed by atoms with E-state index in [1.54, 1.807) is 29.1 Å². The molecule has 0 bridgehead atoms. The second-order valence-corrected chi connectivity index (χ2v) is 6.21. The van der Waals surface area contributed by atoms with Crippen LogP contribution in [0.1, 0.15) is 27.2 Å². The van der Waals surface area contributed by atoms with Crippen molar-refractivity contribution in [1.29, 1.82) is 5.26 Å². The average molecular weight is 406 g/mol. The van der Waals surface area contributed by atoms with E-state index in [1.165, 1.54) is 6.92 Å². The minimum Gasteiger partial charge on any atom is -0.452 e. The molecule has 0 aliphatic carbocycles. The number of rotatable bonds is 6. The molecule has 1 aromatic carbocycles. The maximum atomic E-state index is 12.4. The molecule has 0 radical (unpaired) electrons. The quantitative estimate of drug-likeness (QED) is 0.606. The number of nitrogens with zero attached hydrogens (tertiary/aromatic N) is 2. The number of benzene rings is 1. The lowest BCUT2D eigenvalue weighted by atomic mass is 10.1. The van der Waals surface area contributed by atoms with Crippen molar-refractivity contribution >= 4 is 17.9 Å². The number of hydrogen-bond acceptors (Lipinski definition) is 6. The van der Waals surface area contributed by atoms with E-state index in [4.69, 9.17) is 9.15 Å². The fourth-order valence-electron chi connectivity index (χ4n) is 2.72. The number of urea groups is 1. The Balaban J connectivity index is 1.56. The van der Waals surface area contributed by atoms with E-state index in [1.807, 2.05) is 36.4 Å². The van der Waals surface area contributed by atoms with E-state index < -0.39 is 24.5 Å². The Morgan fingerprint density at radius 2 is 1.83 bits per heavy atom. The average Bonchev–Trinajstić information content (AvgIpc) is 3.38. The summed E-state index contributed by atoms with van der Waals surface area (Å²) in [5.41, 5.74) is 0.793. The summed E-state index contributed by atoms with van der Waals surface area (Å²) in [7, 11) is 0. The third-order valence-electron chi connectivity index (χ3n) is 4.10. The molecule has 0 spiro atoms. The van der Waals surface area contributed by atoms with Crippen molar-refractivity contribution in [3.63, 3.8) is 0 Å². The molecule has 3 aromatic rings. The number of amides is 3. The predicted molar refractivity (Wildman–Crippen MR) is 105 cm³/mol. The number of nitrogens with one attached hydrogen (secondary N) is 2. The number of aryl methyl sites for hydroxylation is 1. The SMILES string of the molecule is Cc1oc(-n2cccc2)c(C#N)c1C(=O)OCC(=O)NC(=O)NCc1ccccc1. The highest BCUT2D eigenvalue weighted by molar-refractivity contribution is 5.98. The Bertz CT molecular complexity index is 1090. The third kappa shape index (κ3) is 4.74. The van der Waals surface area contributed by atoms with E-state index in [2.05, 4.69) is 10.6 Å². The second kappa shape index (κ2) is 9.25. The summed E-state index contributed by atoms with van der Waals surface area (Å²) < 4.78 is 12.0. The van der Waals surface area contributed by atoms with Crippen molar-refractivity contribution in [3.05, 3.63) is 77.3 Å². The van der Waals surface area contributed by atoms with Crippen LogP contribution < -0.4 is 10.6 Å². The van der Waals surface area contributed by atoms with Crippen LogP contribution in [0.2, 0.25) is 0 Å². The van der Waals surface area contributed by atoms with Crippen LogP contribution in [-0.2, 0) is 16.1 Å². The Morgan fingerprint density at radius 1 is 1.13 bits per heavy atom. The lowest BCUT2D eigenvalue weighted by molar-refractivity contribution is -0.123. The highest BCUT2D eigenvalue weighted by Crippen LogP contribution is 2.26. The van der Waals surface area contributed by atoms with Crippen LogP contribution in [-0.4, -0.2) is 29.1 Å². The summed E-state index contributed by atoms with van der Waals surface area (Å²) in [5.74, 6) is -1.34. The fraction of sp³-hybridized carbons (Fsp3) is 0.143. The number of hydrogen-bond donors (Lipinski definition) is 2. The Kier molecular flexibility index (Phi) is 6.29. The van der Waals surface area contributed by atoms with Gasteiger partial charge in [0.05, 0.1) is 0 Å². The van der Waals surface area contributed by atoms with Gasteiger partial charge in [-0.3, -0.25) is 14.7 Å². The summed E-state index contributed by atoms with van der Waals surface area (Å²) in [5, 5.41) is 14.0. The van der Waals surface area contributed by atoms with Crippen LogP contribution >= 0.6 is 0 Å². The van der Waals surface area contributed by atoms with Gasteiger partial charge >= 0.3 is 12.0 Å². The largest absolute Gasteiger partial charge is 0.452 e. The van der Waals surface area contributed by atoms with Crippen LogP contribution in [0.3, 0.4) is 0 Å². The minimum atomic E-state index is -0.897. The number of imide groups is 1. The summed E-state index contributed by atoms with van der Waals surface area (Å²) in [6, 6.07) is 13.8. The second-order valence-electron chi connectivity index (χ2n) is 6.21. The van der Waals surface area contributed by atoms with Crippen molar-refractivity contribution in [2.45, 2.75) is 13.5 Å². The van der Waals surface area contributed by atoms with Gasteiger partial charge in [0.2, 0.25) is 5.88 Å². The van der Waals surface area contributed by atoms with Gasteiger partial charge in [-0.1, -0.05) is 30.3 Å². The van der Waals surface area contributed by atoms with Crippen molar-refractivity contribution in [2.75, 3.05) is 6.61 Å². The van der Waals surface area contributed by atoms with Gasteiger partial charge in [0.25, 0.3) is 5.91 Å². The summed E-state index contributed by atoms with van der Waals surface area (Å²) in [6.45, 7) is 1.06. The highest BCUT2D eigenvalue weighted by Gasteiger charge is 2.26. The summed E-state index contributed by atoms with van der Waals surface area (Å²) in [4.78, 5) is 36.1. The van der Waals surface area contributed by atoms with Crippen molar-refractivity contribution < 1.29 is 23.5 Å². The maximum Gasteiger partial charge on any atom is 0.343 e. The summed E-state index contributed by atoms with van der Waals surface area (Å²) in [6.07, 6.45) is 3.32. The van der Waals surface area contributed by atoms with E-state index in [9.17, 15) is 19.6 Å². The van der Waals surface area contributed by atoms with Crippen molar-refractivity contribution in [1.82, 2.24) is 15.2 Å². The maximum absolute atomic E-state index is 12.4. The van der Waals surface area contributed by atoms with Gasteiger partial charge in [-0.05, 0) is 24.6 Å². The molecule has 9 heteroatoms. The van der Waals surface area contributed by atoms with Crippen LogP contribution in [0.4, 0.5) is 4.79 Å². The van der Waals surface area contributed by atoms with Gasteiger partial charge in [-0.15, -0.1) is 0 Å². The lowest BCUT2D eigenvalue weighted by Crippen LogP contribution is -2.41. The monoisotopic (exact) mass is 406 g/mol. The smallest absolute Gasteiger partial charge is 0.343 e. The zero-order valence-electron chi connectivity index (χ0n) is 16.0. The van der Waals surface area contributed by atoms with E-state index in [0.717, 1.165) is 5.56 Å². The molecule has 0 unspecified atom stereocenters. The molecule has 0 saturated heterocycles. The van der Waals surface area contributed by atoms with Gasteiger partial charge in [-0.25, -0.2) is 9.59 Å². The number of carbonyl (C=O) groups excluding carboxylic acids is 3. The van der Waals surface area contributed by atoms with Crippen molar-refractivity contribution in [2.24, 2.45) is 0 Å². The standard InChI is InChI=1S/C21H18N4O5/c1-14-18(16(11-22)19(30-14)25-9-5-6-10-25)20(27)29-13-17(26)24-21(28)23-12-15-7-3-2-4-8-15/h2-10H,12-13H2,1H3,(H2,23,24,26,28). The van der Waals surface area contributed by atoms with Gasteiger partial charge in [0, 0.05) is 18.9 Å². The zero-order chi connectivity index (χ0) is 21.5.